The maximum absolute atomic E-state index is 11.0. The smallest absolute Gasteiger partial charge is 0.306 e. The zero-order chi connectivity index (χ0) is 101. The SMILES string of the molecule is CC(=O)N1CC2(C1)CN(C(C)(C)C)C2.CC(C)(C)N1CCC(CN2CCOCC2)CC1.CC(C)(C)N1CCCC(O)(CN2CCCC2)CC1.CN(CCC#N)C1CCN(C(C)(C)C)CC1.CN1C2COCC1CN(C(C)(C)C)C2.CN1CC2CN(C(C)(C)C)CC2C1.CN1CCCCC1C1CCCN1C(C)(C)C.CNC1CCN(C(C)(C)C)CC1.COC(=O)CCN1CCN(C(C)(C)C)CC1. The number of nitrogens with zero attached hydrogens (tertiary/aromatic N) is 18. The lowest BCUT2D eigenvalue weighted by Gasteiger charge is -2.63. The van der Waals surface area contributed by atoms with Crippen LogP contribution in [0.3, 0.4) is 0 Å². The summed E-state index contributed by atoms with van der Waals surface area (Å²) in [6, 6.07) is 6.47. The predicted molar refractivity (Wildman–Crippen MR) is 571 cm³/mol. The van der Waals surface area contributed by atoms with Crippen molar-refractivity contribution in [3.05, 3.63) is 0 Å². The number of carbonyl (C=O) groups excluding carboxylic acids is 2. The normalized spacial score (nSPS) is 28.3. The standard InChI is InChI=1S/C15H30N2O.C14H28N2O.C14H28N2.C13H25N3.C12H24N2O2.C11H22N2O.C11H20N2O.C11H22N2.C10H22N2/c1-14(2,3)17-11-6-7-15(18,8-12-17)13-16-9-4-5-10-16;1-14(2,3)16-6-4-13(5-7-16)12-15-8-10-17-11-9-15;1-14(2,3)16-11-7-9-13(16)12-8-5-6-10-15(12)4;1-13(2,3)16-10-6-12(7-11-16)15(4)9-5-8-14;1-12(2,3)14-9-7-13(8-10-14)6-5-11(15)16-4;1-11(2,3)13-5-9-7-14-8-10(6-13)12(9)4;1-9(14)12-5-11(6-12)7-13(8-11)10(2,3)4;1-11(2,3)13-7-9-5-12(4)6-10(9)8-13;1-10(2,3)12-7-5-9(11-4)6-8-12/h18H,4-13H2,1-3H3;13H,4-12H2,1-3H3;12-13H,5-11H2,1-4H3;12H,5-7,9-11H2,1-4H3;5-10H2,1-4H3;9-10H,5-8H2,1-4H3;5-8H2,1-4H3;9-10H,5-8H2,1-4H3;9,11H,5-8H2,1-4H3. The van der Waals surface area contributed by atoms with Crippen LogP contribution in [0.1, 0.15) is 309 Å². The molecule has 1 spiro atoms. The summed E-state index contributed by atoms with van der Waals surface area (Å²) in [4.78, 5) is 64.6. The third kappa shape index (κ3) is 40.1. The van der Waals surface area contributed by atoms with E-state index in [1.54, 1.807) is 6.92 Å². The fourth-order valence-corrected chi connectivity index (χ4v) is 23.7. The monoisotopic (exact) mass is 1920 g/mol. The van der Waals surface area contributed by atoms with Crippen LogP contribution < -0.4 is 5.32 Å². The molecule has 0 aromatic rings. The van der Waals surface area contributed by atoms with E-state index in [0.29, 0.717) is 75.2 Å². The zero-order valence-electron chi connectivity index (χ0n) is 95.4. The van der Waals surface area contributed by atoms with Crippen molar-refractivity contribution in [1.82, 2.24) is 88.6 Å². The first-order chi connectivity index (χ1) is 63.1. The molecule has 7 unspecified atom stereocenters. The number of likely N-dealkylation sites (tertiary alicyclic amines) is 11. The summed E-state index contributed by atoms with van der Waals surface area (Å²) < 4.78 is 15.6. The molecule has 25 heteroatoms. The molecule has 15 heterocycles. The van der Waals surface area contributed by atoms with Gasteiger partial charge in [0.25, 0.3) is 0 Å². The molecule has 136 heavy (non-hydrogen) atoms. The number of rotatable bonds is 12. The number of likely N-dealkylation sites (N-methyl/N-ethyl adjacent to an activating group) is 2. The highest BCUT2D eigenvalue weighted by Gasteiger charge is 2.55. The minimum atomic E-state index is -0.440. The highest BCUT2D eigenvalue weighted by atomic mass is 16.5. The van der Waals surface area contributed by atoms with Crippen LogP contribution in [0.4, 0.5) is 0 Å². The van der Waals surface area contributed by atoms with Gasteiger partial charge in [-0.2, -0.15) is 5.26 Å². The number of nitriles is 1. The molecule has 2 N–H and O–H groups in total. The van der Waals surface area contributed by atoms with Crippen LogP contribution in [0.15, 0.2) is 0 Å². The number of ether oxygens (including phenoxy) is 3. The predicted octanol–water partition coefficient (Wildman–Crippen LogP) is 14.2. The van der Waals surface area contributed by atoms with Crippen molar-refractivity contribution >= 4 is 11.9 Å². The highest BCUT2D eigenvalue weighted by molar-refractivity contribution is 5.74. The van der Waals surface area contributed by atoms with E-state index in [2.05, 4.69) is 317 Å². The van der Waals surface area contributed by atoms with Gasteiger partial charge in [-0.3, -0.25) is 63.5 Å². The third-order valence-corrected chi connectivity index (χ3v) is 33.5. The molecule has 15 aliphatic heterocycles. The Morgan fingerprint density at radius 1 is 0.456 bits per heavy atom. The van der Waals surface area contributed by atoms with E-state index < -0.39 is 5.60 Å². The van der Waals surface area contributed by atoms with Crippen molar-refractivity contribution < 1.29 is 28.9 Å². The maximum atomic E-state index is 11.0. The van der Waals surface area contributed by atoms with E-state index in [1.807, 2.05) is 4.90 Å². The van der Waals surface area contributed by atoms with Gasteiger partial charge in [0.05, 0.1) is 51.6 Å². The summed E-state index contributed by atoms with van der Waals surface area (Å²) in [6.07, 6.45) is 21.7. The molecule has 0 aromatic carbocycles. The van der Waals surface area contributed by atoms with Crippen LogP contribution in [0.2, 0.25) is 0 Å². The largest absolute Gasteiger partial charge is 0.469 e. The number of carbonyl (C=O) groups is 2. The molecule has 0 aliphatic carbocycles. The Balaban J connectivity index is 0.000000209. The van der Waals surface area contributed by atoms with Crippen molar-refractivity contribution in [2.75, 3.05) is 278 Å². The van der Waals surface area contributed by atoms with Gasteiger partial charge in [0.15, 0.2) is 0 Å². The Bertz CT molecular complexity index is 3350. The Hall–Kier alpha value is -2.37. The molecule has 2 bridgehead atoms. The topological polar surface area (TPSA) is 173 Å². The average molecular weight is 1920 g/mol. The molecule has 15 saturated heterocycles. The molecule has 7 atom stereocenters. The van der Waals surface area contributed by atoms with Crippen LogP contribution in [0.5, 0.6) is 0 Å². The molecular weight excluding hydrogens is 1700 g/mol. The summed E-state index contributed by atoms with van der Waals surface area (Å²) in [5.41, 5.74) is 2.84. The lowest BCUT2D eigenvalue weighted by atomic mass is 9.71. The van der Waals surface area contributed by atoms with Gasteiger partial charge < -0.3 is 54.0 Å². The van der Waals surface area contributed by atoms with Crippen molar-refractivity contribution in [2.45, 2.75) is 401 Å². The summed E-state index contributed by atoms with van der Waals surface area (Å²) >= 11 is 0. The van der Waals surface area contributed by atoms with Crippen LogP contribution in [0, 0.1) is 34.5 Å². The lowest BCUT2D eigenvalue weighted by Crippen LogP contribution is -2.75. The number of esters is 1. The first-order valence-electron chi connectivity index (χ1n) is 55.1. The van der Waals surface area contributed by atoms with Gasteiger partial charge >= 0.3 is 5.97 Å². The summed E-state index contributed by atoms with van der Waals surface area (Å²) in [6.45, 7) is 104. The van der Waals surface area contributed by atoms with Crippen molar-refractivity contribution in [2.24, 2.45) is 23.2 Å². The molecule has 15 aliphatic rings. The van der Waals surface area contributed by atoms with E-state index in [-0.39, 0.29) is 23.0 Å². The quantitative estimate of drug-likeness (QED) is 0.177. The highest BCUT2D eigenvalue weighted by Crippen LogP contribution is 2.43. The van der Waals surface area contributed by atoms with E-state index in [4.69, 9.17) is 14.7 Å². The number of piperazine rings is 2. The number of nitrogens with one attached hydrogen (secondary N) is 1. The minimum Gasteiger partial charge on any atom is -0.469 e. The van der Waals surface area contributed by atoms with Gasteiger partial charge in [-0.1, -0.05) is 6.42 Å². The number of piperidine rings is 4. The Labute approximate surface area is 838 Å². The number of aliphatic hydroxyl groups is 1. The lowest BCUT2D eigenvalue weighted by molar-refractivity contribution is -0.166. The second-order valence-corrected chi connectivity index (χ2v) is 53.5. The van der Waals surface area contributed by atoms with Gasteiger partial charge in [0, 0.05) is 268 Å². The van der Waals surface area contributed by atoms with Gasteiger partial charge in [0.1, 0.15) is 0 Å². The number of fused-ring (bicyclic) bond motifs is 3. The molecule has 0 radical (unpaired) electrons. The van der Waals surface area contributed by atoms with E-state index in [9.17, 15) is 14.7 Å². The van der Waals surface area contributed by atoms with Gasteiger partial charge in [-0.25, -0.2) is 0 Å². The van der Waals surface area contributed by atoms with Gasteiger partial charge in [0.2, 0.25) is 5.91 Å². The second kappa shape index (κ2) is 53.8. The number of morpholine rings is 2. The summed E-state index contributed by atoms with van der Waals surface area (Å²) in [5.74, 6) is 2.92. The number of hydrogen-bond acceptors (Lipinski definition) is 24. The molecule has 0 saturated carbocycles. The van der Waals surface area contributed by atoms with Crippen LogP contribution in [-0.4, -0.2) is 470 Å². The first-order valence-corrected chi connectivity index (χ1v) is 55.1. The summed E-state index contributed by atoms with van der Waals surface area (Å²) in [7, 11) is 12.5. The van der Waals surface area contributed by atoms with Crippen molar-refractivity contribution in [1.29, 1.82) is 5.26 Å². The van der Waals surface area contributed by atoms with E-state index in [0.717, 1.165) is 180 Å². The van der Waals surface area contributed by atoms with Gasteiger partial charge in [-0.05, 0) is 382 Å². The van der Waals surface area contributed by atoms with Crippen molar-refractivity contribution in [3.8, 4) is 6.07 Å². The molecule has 15 fully saturated rings. The molecule has 0 aromatic heterocycles. The van der Waals surface area contributed by atoms with E-state index in [1.165, 1.54) is 202 Å². The maximum Gasteiger partial charge on any atom is 0.306 e. The van der Waals surface area contributed by atoms with E-state index >= 15 is 0 Å². The zero-order valence-corrected chi connectivity index (χ0v) is 95.4. The minimum absolute atomic E-state index is 0.113. The Morgan fingerprint density at radius 2 is 0.912 bits per heavy atom. The molecular formula is C111H221N19O6. The second-order valence-electron chi connectivity index (χ2n) is 53.5. The first kappa shape index (κ1) is 121. The average Bonchev–Trinajstić information content (AvgIpc) is 1.08. The van der Waals surface area contributed by atoms with Gasteiger partial charge in [-0.15, -0.1) is 0 Å². The Kier molecular flexibility index (Phi) is 47.7. The third-order valence-electron chi connectivity index (χ3n) is 33.5. The fourth-order valence-electron chi connectivity index (χ4n) is 23.7. The van der Waals surface area contributed by atoms with Crippen molar-refractivity contribution in [3.63, 3.8) is 0 Å². The van der Waals surface area contributed by atoms with Crippen LogP contribution in [0.25, 0.3) is 0 Å². The van der Waals surface area contributed by atoms with Crippen LogP contribution >= 0.6 is 0 Å². The number of β-amino-alcohol motifs (C(OH)–C–C–N with tert-alkyl or cyclic N) is 1. The fraction of sp³-hybridized carbons (Fsp3) is 0.973. The molecule has 25 nitrogen and oxygen atoms in total. The molecule has 1 amide bonds. The van der Waals surface area contributed by atoms with Crippen LogP contribution in [-0.2, 0) is 23.8 Å². The Morgan fingerprint density at radius 3 is 1.37 bits per heavy atom. The number of amides is 1. The molecule has 15 rings (SSSR count). The number of hydrogen-bond donors (Lipinski definition) is 2. The number of methoxy groups -OCH3 is 1. The summed E-state index contributed by atoms with van der Waals surface area (Å²) in [5, 5.41) is 22.8. The molecule has 796 valence electrons.